The fourth-order valence-electron chi connectivity index (χ4n) is 2.62. The van der Waals surface area contributed by atoms with Crippen LogP contribution in [-0.4, -0.2) is 37.6 Å². The highest BCUT2D eigenvalue weighted by molar-refractivity contribution is 4.89. The van der Waals surface area contributed by atoms with E-state index in [-0.39, 0.29) is 0 Å². The second-order valence-electron chi connectivity index (χ2n) is 5.50. The summed E-state index contributed by atoms with van der Waals surface area (Å²) in [5.41, 5.74) is 0.565. The summed E-state index contributed by atoms with van der Waals surface area (Å²) >= 11 is 0. The van der Waals surface area contributed by atoms with Crippen LogP contribution < -0.4 is 5.32 Å². The van der Waals surface area contributed by atoms with Gasteiger partial charge in [-0.25, -0.2) is 0 Å². The third-order valence-electron chi connectivity index (χ3n) is 3.88. The van der Waals surface area contributed by atoms with Crippen molar-refractivity contribution in [3.8, 4) is 0 Å². The highest BCUT2D eigenvalue weighted by Gasteiger charge is 2.34. The molecule has 0 bridgehead atoms. The number of hydrogen-bond acceptors (Lipinski definition) is 2. The second kappa shape index (κ2) is 5.86. The Hall–Kier alpha value is -0.0800. The summed E-state index contributed by atoms with van der Waals surface area (Å²) in [6.45, 7) is 10.4. The maximum Gasteiger partial charge on any atom is 0.00498 e. The molecule has 0 unspecified atom stereocenters. The number of nitrogens with one attached hydrogen (secondary N) is 1. The van der Waals surface area contributed by atoms with Gasteiger partial charge in [-0.15, -0.1) is 0 Å². The minimum Gasteiger partial charge on any atom is -0.316 e. The Balaban J connectivity index is 2.49. The van der Waals surface area contributed by atoms with E-state index in [1.165, 1.54) is 38.8 Å². The fraction of sp³-hybridized carbons (Fsp3) is 1.00. The first kappa shape index (κ1) is 13.0. The first-order valence-corrected chi connectivity index (χ1v) is 6.50. The monoisotopic (exact) mass is 212 g/mol. The van der Waals surface area contributed by atoms with Crippen LogP contribution in [0.2, 0.25) is 0 Å². The summed E-state index contributed by atoms with van der Waals surface area (Å²) in [7, 11) is 2.26. The Bertz CT molecular complexity index is 171. The number of nitrogens with zero attached hydrogens (tertiary/aromatic N) is 1. The van der Waals surface area contributed by atoms with E-state index in [1.54, 1.807) is 0 Å². The Labute approximate surface area is 95.4 Å². The first-order chi connectivity index (χ1) is 7.09. The molecule has 0 aromatic rings. The van der Waals surface area contributed by atoms with Crippen LogP contribution in [0.25, 0.3) is 0 Å². The molecule has 0 aliphatic heterocycles. The molecule has 15 heavy (non-hydrogen) atoms. The zero-order chi connectivity index (χ0) is 11.3. The molecule has 0 spiro atoms. The smallest absolute Gasteiger partial charge is 0.00498 e. The topological polar surface area (TPSA) is 15.3 Å². The van der Waals surface area contributed by atoms with Crippen molar-refractivity contribution in [3.05, 3.63) is 0 Å². The second-order valence-corrected chi connectivity index (χ2v) is 5.50. The maximum atomic E-state index is 3.55. The molecular formula is C13H28N2. The van der Waals surface area contributed by atoms with Crippen molar-refractivity contribution in [1.29, 1.82) is 0 Å². The predicted molar refractivity (Wildman–Crippen MR) is 67.2 cm³/mol. The summed E-state index contributed by atoms with van der Waals surface area (Å²) in [5, 5.41) is 3.55. The van der Waals surface area contributed by atoms with Crippen molar-refractivity contribution in [3.63, 3.8) is 0 Å². The van der Waals surface area contributed by atoms with E-state index in [4.69, 9.17) is 0 Å². The predicted octanol–water partition coefficient (Wildman–Crippen LogP) is 2.50. The summed E-state index contributed by atoms with van der Waals surface area (Å²) in [6, 6.07) is 0.670. The molecular weight excluding hydrogens is 184 g/mol. The quantitative estimate of drug-likeness (QED) is 0.728. The zero-order valence-electron chi connectivity index (χ0n) is 11.0. The largest absolute Gasteiger partial charge is 0.316 e. The molecule has 0 saturated heterocycles. The van der Waals surface area contributed by atoms with E-state index < -0.39 is 0 Å². The van der Waals surface area contributed by atoms with Gasteiger partial charge in [0.1, 0.15) is 0 Å². The van der Waals surface area contributed by atoms with E-state index in [1.807, 2.05) is 0 Å². The molecule has 0 amide bonds. The number of rotatable bonds is 6. The lowest BCUT2D eigenvalue weighted by atomic mass is 9.85. The van der Waals surface area contributed by atoms with Gasteiger partial charge in [-0.2, -0.15) is 0 Å². The molecule has 0 radical (unpaired) electrons. The molecule has 1 saturated carbocycles. The zero-order valence-corrected chi connectivity index (χ0v) is 11.0. The van der Waals surface area contributed by atoms with Crippen molar-refractivity contribution in [1.82, 2.24) is 10.2 Å². The summed E-state index contributed by atoms with van der Waals surface area (Å²) in [4.78, 5) is 2.50. The van der Waals surface area contributed by atoms with E-state index >= 15 is 0 Å². The van der Waals surface area contributed by atoms with Crippen molar-refractivity contribution in [2.75, 3.05) is 26.7 Å². The molecule has 2 heteroatoms. The third-order valence-corrected chi connectivity index (χ3v) is 3.88. The van der Waals surface area contributed by atoms with Gasteiger partial charge in [-0.1, -0.05) is 19.8 Å². The molecule has 0 aromatic heterocycles. The average molecular weight is 212 g/mol. The Morgan fingerprint density at radius 2 is 1.87 bits per heavy atom. The first-order valence-electron chi connectivity index (χ1n) is 6.50. The lowest BCUT2D eigenvalue weighted by molar-refractivity contribution is 0.148. The minimum atomic E-state index is 0.565. The van der Waals surface area contributed by atoms with Crippen LogP contribution in [0.15, 0.2) is 0 Å². The van der Waals surface area contributed by atoms with Gasteiger partial charge in [0.05, 0.1) is 0 Å². The van der Waals surface area contributed by atoms with Gasteiger partial charge >= 0.3 is 0 Å². The van der Waals surface area contributed by atoms with Gasteiger partial charge in [-0.3, -0.25) is 0 Å². The van der Waals surface area contributed by atoms with Crippen molar-refractivity contribution < 1.29 is 0 Å². The van der Waals surface area contributed by atoms with E-state index in [0.717, 1.165) is 6.54 Å². The molecule has 0 aromatic carbocycles. The van der Waals surface area contributed by atoms with Gasteiger partial charge in [-0.05, 0) is 45.7 Å². The van der Waals surface area contributed by atoms with Gasteiger partial charge in [0.2, 0.25) is 0 Å². The fourth-order valence-corrected chi connectivity index (χ4v) is 2.62. The van der Waals surface area contributed by atoms with Crippen LogP contribution in [0.3, 0.4) is 0 Å². The molecule has 90 valence electrons. The van der Waals surface area contributed by atoms with Crippen LogP contribution in [-0.2, 0) is 0 Å². The SMILES string of the molecule is CCNCC1(CN(C)C(C)C)CCCC1. The van der Waals surface area contributed by atoms with Crippen molar-refractivity contribution >= 4 is 0 Å². The van der Waals surface area contributed by atoms with Crippen LogP contribution in [0.5, 0.6) is 0 Å². The molecule has 1 rings (SSSR count). The van der Waals surface area contributed by atoms with Crippen molar-refractivity contribution in [2.24, 2.45) is 5.41 Å². The Morgan fingerprint density at radius 1 is 1.27 bits per heavy atom. The van der Waals surface area contributed by atoms with E-state index in [2.05, 4.69) is 38.0 Å². The van der Waals surface area contributed by atoms with Crippen LogP contribution in [0, 0.1) is 5.41 Å². The molecule has 0 heterocycles. The van der Waals surface area contributed by atoms with Gasteiger partial charge in [0, 0.05) is 19.1 Å². The van der Waals surface area contributed by atoms with E-state index in [0.29, 0.717) is 11.5 Å². The van der Waals surface area contributed by atoms with Gasteiger partial charge in [0.15, 0.2) is 0 Å². The third kappa shape index (κ3) is 3.76. The maximum absolute atomic E-state index is 3.55. The molecule has 0 atom stereocenters. The van der Waals surface area contributed by atoms with Crippen LogP contribution >= 0.6 is 0 Å². The average Bonchev–Trinajstić information content (AvgIpc) is 2.64. The van der Waals surface area contributed by atoms with Crippen LogP contribution in [0.4, 0.5) is 0 Å². The molecule has 1 fully saturated rings. The lowest BCUT2D eigenvalue weighted by Gasteiger charge is -2.35. The molecule has 1 aliphatic rings. The highest BCUT2D eigenvalue weighted by Crippen LogP contribution is 2.38. The molecule has 1 N–H and O–H groups in total. The van der Waals surface area contributed by atoms with E-state index in [9.17, 15) is 0 Å². The Morgan fingerprint density at radius 3 is 2.33 bits per heavy atom. The molecule has 1 aliphatic carbocycles. The Kier molecular flexibility index (Phi) is 5.07. The normalized spacial score (nSPS) is 20.4. The van der Waals surface area contributed by atoms with Crippen molar-refractivity contribution in [2.45, 2.75) is 52.5 Å². The summed E-state index contributed by atoms with van der Waals surface area (Å²) < 4.78 is 0. The highest BCUT2D eigenvalue weighted by atomic mass is 15.1. The van der Waals surface area contributed by atoms with Crippen LogP contribution in [0.1, 0.15) is 46.5 Å². The summed E-state index contributed by atoms with van der Waals surface area (Å²) in [5.74, 6) is 0. The lowest BCUT2D eigenvalue weighted by Crippen LogP contribution is -2.43. The number of hydrogen-bond donors (Lipinski definition) is 1. The minimum absolute atomic E-state index is 0.565. The standard InChI is InChI=1S/C13H28N2/c1-5-14-10-13(8-6-7-9-13)11-15(4)12(2)3/h12,14H,5-11H2,1-4H3. The van der Waals surface area contributed by atoms with Gasteiger partial charge in [0.25, 0.3) is 0 Å². The molecule has 2 nitrogen and oxygen atoms in total. The summed E-state index contributed by atoms with van der Waals surface area (Å²) in [6.07, 6.45) is 5.68. The van der Waals surface area contributed by atoms with Gasteiger partial charge < -0.3 is 10.2 Å².